The molecular formula is C25H27N7O3. The third-order valence-corrected chi connectivity index (χ3v) is 5.16. The summed E-state index contributed by atoms with van der Waals surface area (Å²) in [5.41, 5.74) is 2.18. The molecule has 2 heterocycles. The fraction of sp³-hybridized carbons (Fsp3) is 0.280. The number of tetrazole rings is 1. The summed E-state index contributed by atoms with van der Waals surface area (Å²) < 4.78 is 11.1. The van der Waals surface area contributed by atoms with Crippen LogP contribution >= 0.6 is 0 Å². The van der Waals surface area contributed by atoms with Crippen LogP contribution in [0.3, 0.4) is 0 Å². The van der Waals surface area contributed by atoms with Gasteiger partial charge in [0.2, 0.25) is 5.82 Å². The van der Waals surface area contributed by atoms with E-state index in [0.717, 1.165) is 30.4 Å². The van der Waals surface area contributed by atoms with Gasteiger partial charge in [-0.1, -0.05) is 25.5 Å². The van der Waals surface area contributed by atoms with Crippen molar-refractivity contribution in [3.05, 3.63) is 71.7 Å². The molecule has 4 aromatic rings. The van der Waals surface area contributed by atoms with Crippen LogP contribution < -0.4 is 10.1 Å². The molecule has 35 heavy (non-hydrogen) atoms. The zero-order chi connectivity index (χ0) is 24.5. The maximum Gasteiger partial charge on any atom is 0.343 e. The molecule has 0 unspecified atom stereocenters. The maximum absolute atomic E-state index is 12.3. The average Bonchev–Trinajstić information content (AvgIpc) is 3.43. The van der Waals surface area contributed by atoms with Crippen molar-refractivity contribution in [1.82, 2.24) is 30.6 Å². The Hall–Kier alpha value is -4.34. The summed E-state index contributed by atoms with van der Waals surface area (Å²) in [7, 11) is 0. The standard InChI is InChI=1S/C25H27N7O3/c1-3-5-6-22-26-16-21(25(33)34-4-2)24(28-22)27-15-17-7-11-19(12-8-17)35-20-13-9-18(10-14-20)23-29-31-32-30-23/h7-14,16H,3-6,15H2,1-2H3,(H,26,27,28)(H,29,30,31,32). The van der Waals surface area contributed by atoms with Gasteiger partial charge in [0.05, 0.1) is 6.61 Å². The SMILES string of the molecule is CCCCc1ncc(C(=O)OCC)c(NCc2ccc(Oc3ccc(-c4nn[nH]n4)cc3)cc2)n1. The third-order valence-electron chi connectivity index (χ3n) is 5.16. The second-order valence-electron chi connectivity index (χ2n) is 7.73. The Balaban J connectivity index is 1.40. The molecule has 2 aromatic heterocycles. The number of aromatic nitrogens is 6. The van der Waals surface area contributed by atoms with Crippen molar-refractivity contribution in [3.63, 3.8) is 0 Å². The quantitative estimate of drug-likeness (QED) is 0.301. The summed E-state index contributed by atoms with van der Waals surface area (Å²) in [4.78, 5) is 21.2. The molecular weight excluding hydrogens is 446 g/mol. The number of hydrogen-bond acceptors (Lipinski definition) is 9. The van der Waals surface area contributed by atoms with Gasteiger partial charge in [0.25, 0.3) is 0 Å². The van der Waals surface area contributed by atoms with Gasteiger partial charge in [-0.25, -0.2) is 14.8 Å². The molecule has 0 saturated carbocycles. The molecule has 0 amide bonds. The van der Waals surface area contributed by atoms with Crippen LogP contribution in [-0.4, -0.2) is 43.2 Å². The summed E-state index contributed by atoms with van der Waals surface area (Å²) in [5, 5.41) is 17.2. The number of hydrogen-bond donors (Lipinski definition) is 2. The fourth-order valence-electron chi connectivity index (χ4n) is 3.32. The monoisotopic (exact) mass is 473 g/mol. The van der Waals surface area contributed by atoms with Crippen molar-refractivity contribution < 1.29 is 14.3 Å². The number of carbonyl (C=O) groups is 1. The lowest BCUT2D eigenvalue weighted by Crippen LogP contribution is -2.13. The first kappa shape index (κ1) is 23.8. The lowest BCUT2D eigenvalue weighted by atomic mass is 10.2. The second-order valence-corrected chi connectivity index (χ2v) is 7.73. The van der Waals surface area contributed by atoms with Crippen molar-refractivity contribution in [2.45, 2.75) is 39.7 Å². The van der Waals surface area contributed by atoms with E-state index in [-0.39, 0.29) is 6.61 Å². The van der Waals surface area contributed by atoms with Gasteiger partial charge in [0, 0.05) is 24.7 Å². The van der Waals surface area contributed by atoms with Crippen molar-refractivity contribution in [3.8, 4) is 22.9 Å². The molecule has 0 aliphatic heterocycles. The van der Waals surface area contributed by atoms with Crippen LogP contribution in [0.4, 0.5) is 5.82 Å². The van der Waals surface area contributed by atoms with Gasteiger partial charge in [-0.05, 0) is 60.5 Å². The predicted octanol–water partition coefficient (Wildman–Crippen LogP) is 4.58. The predicted molar refractivity (Wildman–Crippen MR) is 130 cm³/mol. The van der Waals surface area contributed by atoms with E-state index < -0.39 is 5.97 Å². The van der Waals surface area contributed by atoms with E-state index in [1.807, 2.05) is 48.5 Å². The number of nitrogens with one attached hydrogen (secondary N) is 2. The van der Waals surface area contributed by atoms with E-state index in [1.165, 1.54) is 0 Å². The lowest BCUT2D eigenvalue weighted by molar-refractivity contribution is 0.0526. The van der Waals surface area contributed by atoms with Gasteiger partial charge in [-0.3, -0.25) is 0 Å². The topological polar surface area (TPSA) is 128 Å². The van der Waals surface area contributed by atoms with Crippen molar-refractivity contribution >= 4 is 11.8 Å². The van der Waals surface area contributed by atoms with E-state index in [4.69, 9.17) is 9.47 Å². The largest absolute Gasteiger partial charge is 0.462 e. The maximum atomic E-state index is 12.3. The molecule has 2 aromatic carbocycles. The van der Waals surface area contributed by atoms with Crippen LogP contribution in [0.1, 0.15) is 48.4 Å². The Bertz CT molecular complexity index is 1230. The highest BCUT2D eigenvalue weighted by molar-refractivity contribution is 5.94. The van der Waals surface area contributed by atoms with Gasteiger partial charge < -0.3 is 14.8 Å². The molecule has 4 rings (SSSR count). The first-order valence-corrected chi connectivity index (χ1v) is 11.5. The minimum Gasteiger partial charge on any atom is -0.462 e. The molecule has 0 spiro atoms. The molecule has 180 valence electrons. The zero-order valence-electron chi connectivity index (χ0n) is 19.7. The van der Waals surface area contributed by atoms with Crippen LogP contribution in [0.5, 0.6) is 11.5 Å². The zero-order valence-corrected chi connectivity index (χ0v) is 19.7. The molecule has 2 N–H and O–H groups in total. The summed E-state index contributed by atoms with van der Waals surface area (Å²) >= 11 is 0. The minimum absolute atomic E-state index is 0.289. The van der Waals surface area contributed by atoms with Gasteiger partial charge in [0.15, 0.2) is 0 Å². The number of nitrogens with zero attached hydrogens (tertiary/aromatic N) is 5. The number of carbonyl (C=O) groups excluding carboxylic acids is 1. The Kier molecular flexibility index (Phi) is 7.95. The molecule has 10 heteroatoms. The highest BCUT2D eigenvalue weighted by atomic mass is 16.5. The lowest BCUT2D eigenvalue weighted by Gasteiger charge is -2.12. The molecule has 0 aliphatic carbocycles. The Labute approximate surface area is 203 Å². The van der Waals surface area contributed by atoms with Gasteiger partial charge in [0.1, 0.15) is 28.7 Å². The van der Waals surface area contributed by atoms with Crippen LogP contribution in [0.2, 0.25) is 0 Å². The van der Waals surface area contributed by atoms with Crippen LogP contribution in [0.15, 0.2) is 54.7 Å². The van der Waals surface area contributed by atoms with Crippen LogP contribution in [0, 0.1) is 0 Å². The number of anilines is 1. The molecule has 0 aliphatic rings. The molecule has 0 fully saturated rings. The van der Waals surface area contributed by atoms with E-state index in [9.17, 15) is 4.79 Å². The van der Waals surface area contributed by atoms with Crippen LogP contribution in [-0.2, 0) is 17.7 Å². The summed E-state index contributed by atoms with van der Waals surface area (Å²) in [6.07, 6.45) is 4.33. The first-order chi connectivity index (χ1) is 17.2. The van der Waals surface area contributed by atoms with Crippen LogP contribution in [0.25, 0.3) is 11.4 Å². The van der Waals surface area contributed by atoms with Crippen molar-refractivity contribution in [2.75, 3.05) is 11.9 Å². The summed E-state index contributed by atoms with van der Waals surface area (Å²) in [6.45, 7) is 4.66. The van der Waals surface area contributed by atoms with E-state index in [2.05, 4.69) is 42.8 Å². The Morgan fingerprint density at radius 1 is 1.03 bits per heavy atom. The fourth-order valence-corrected chi connectivity index (χ4v) is 3.32. The second kappa shape index (κ2) is 11.7. The van der Waals surface area contributed by atoms with Crippen molar-refractivity contribution in [1.29, 1.82) is 0 Å². The minimum atomic E-state index is -0.439. The summed E-state index contributed by atoms with van der Waals surface area (Å²) in [6, 6.07) is 15.1. The Morgan fingerprint density at radius 2 is 1.77 bits per heavy atom. The Morgan fingerprint density at radius 3 is 2.43 bits per heavy atom. The highest BCUT2D eigenvalue weighted by Crippen LogP contribution is 2.25. The third kappa shape index (κ3) is 6.38. The van der Waals surface area contributed by atoms with Gasteiger partial charge in [-0.2, -0.15) is 5.21 Å². The summed E-state index contributed by atoms with van der Waals surface area (Å²) in [5.74, 6) is 2.68. The average molecular weight is 474 g/mol. The molecule has 0 saturated heterocycles. The smallest absolute Gasteiger partial charge is 0.343 e. The number of aryl methyl sites for hydroxylation is 1. The van der Waals surface area contributed by atoms with Gasteiger partial charge in [-0.15, -0.1) is 10.2 Å². The van der Waals surface area contributed by atoms with E-state index in [0.29, 0.717) is 41.1 Å². The number of ether oxygens (including phenoxy) is 2. The molecule has 0 bridgehead atoms. The number of esters is 1. The van der Waals surface area contributed by atoms with E-state index in [1.54, 1.807) is 13.1 Å². The highest BCUT2D eigenvalue weighted by Gasteiger charge is 2.16. The first-order valence-electron chi connectivity index (χ1n) is 11.5. The van der Waals surface area contributed by atoms with Crippen molar-refractivity contribution in [2.24, 2.45) is 0 Å². The molecule has 10 nitrogen and oxygen atoms in total. The number of unbranched alkanes of at least 4 members (excludes halogenated alkanes) is 1. The number of H-pyrrole nitrogens is 1. The normalized spacial score (nSPS) is 10.7. The van der Waals surface area contributed by atoms with E-state index >= 15 is 0 Å². The van der Waals surface area contributed by atoms with Gasteiger partial charge >= 0.3 is 5.97 Å². The molecule has 0 radical (unpaired) electrons. The number of benzene rings is 2. The molecule has 0 atom stereocenters. The number of aromatic amines is 1. The number of rotatable bonds is 11.